The number of nitrogens with zero attached hydrogens (tertiary/aromatic N) is 3. The number of aryl methyl sites for hydroxylation is 1. The third-order valence-electron chi connectivity index (χ3n) is 6.82. The van der Waals surface area contributed by atoms with Gasteiger partial charge in [-0.15, -0.1) is 0 Å². The van der Waals surface area contributed by atoms with Crippen molar-refractivity contribution in [3.8, 4) is 11.4 Å². The van der Waals surface area contributed by atoms with Crippen LogP contribution in [0.2, 0.25) is 0 Å². The van der Waals surface area contributed by atoms with Gasteiger partial charge >= 0.3 is 0 Å². The maximum atomic E-state index is 5.34. The van der Waals surface area contributed by atoms with E-state index < -0.39 is 0 Å². The minimum atomic E-state index is 0.230. The number of hydrogen-bond acceptors (Lipinski definition) is 4. The lowest BCUT2D eigenvalue weighted by Gasteiger charge is -2.57. The molecule has 0 spiro atoms. The Labute approximate surface area is 152 Å². The highest BCUT2D eigenvalue weighted by atomic mass is 16.5. The summed E-state index contributed by atoms with van der Waals surface area (Å²) in [4.78, 5) is 4.87. The summed E-state index contributed by atoms with van der Waals surface area (Å²) in [6, 6.07) is 8.14. The van der Waals surface area contributed by atoms with Crippen molar-refractivity contribution in [1.29, 1.82) is 0 Å². The predicted molar refractivity (Wildman–Crippen MR) is 100.0 cm³/mol. The summed E-state index contributed by atoms with van der Waals surface area (Å²) in [5.41, 5.74) is 2.91. The van der Waals surface area contributed by atoms with Crippen LogP contribution in [0.3, 0.4) is 0 Å². The van der Waals surface area contributed by atoms with E-state index in [1.165, 1.54) is 38.5 Å². The monoisotopic (exact) mass is 348 g/mol. The Bertz CT molecular complexity index is 950. The van der Waals surface area contributed by atoms with Gasteiger partial charge < -0.3 is 9.84 Å². The minimum absolute atomic E-state index is 0.230. The van der Waals surface area contributed by atoms with Crippen molar-refractivity contribution >= 4 is 11.5 Å². The van der Waals surface area contributed by atoms with E-state index in [9.17, 15) is 0 Å². The van der Waals surface area contributed by atoms with Crippen LogP contribution in [-0.2, 0) is 0 Å². The third kappa shape index (κ3) is 2.15. The summed E-state index contributed by atoms with van der Waals surface area (Å²) < 4.78 is 7.52. The molecule has 5 nitrogen and oxygen atoms in total. The molecule has 3 aromatic heterocycles. The van der Waals surface area contributed by atoms with Gasteiger partial charge in [0.2, 0.25) is 0 Å². The molecule has 7 rings (SSSR count). The fourth-order valence-corrected chi connectivity index (χ4v) is 6.29. The quantitative estimate of drug-likeness (QED) is 0.747. The first-order chi connectivity index (χ1) is 12.7. The van der Waals surface area contributed by atoms with Crippen molar-refractivity contribution in [2.75, 3.05) is 5.32 Å². The summed E-state index contributed by atoms with van der Waals surface area (Å²) in [5.74, 6) is 4.62. The topological polar surface area (TPSA) is 55.4 Å². The molecule has 3 heterocycles. The molecule has 26 heavy (non-hydrogen) atoms. The molecule has 5 heteroatoms. The first-order valence-corrected chi connectivity index (χ1v) is 9.86. The van der Waals surface area contributed by atoms with Gasteiger partial charge in [0.25, 0.3) is 0 Å². The van der Waals surface area contributed by atoms with Crippen LogP contribution in [0.15, 0.2) is 35.0 Å². The van der Waals surface area contributed by atoms with E-state index in [4.69, 9.17) is 9.51 Å². The van der Waals surface area contributed by atoms with Crippen LogP contribution in [-0.4, -0.2) is 20.1 Å². The zero-order valence-electron chi connectivity index (χ0n) is 15.1. The molecule has 0 atom stereocenters. The molecule has 134 valence electrons. The van der Waals surface area contributed by atoms with E-state index in [2.05, 4.69) is 33.2 Å². The molecular formula is C21H24N4O. The maximum absolute atomic E-state index is 5.34. The second kappa shape index (κ2) is 5.12. The second-order valence-electron chi connectivity index (χ2n) is 8.88. The molecular weight excluding hydrogens is 324 g/mol. The Kier molecular flexibility index (Phi) is 2.92. The lowest BCUT2D eigenvalue weighted by atomic mass is 9.53. The van der Waals surface area contributed by atoms with E-state index >= 15 is 0 Å². The number of pyridine rings is 1. The van der Waals surface area contributed by atoms with Gasteiger partial charge in [-0.1, -0.05) is 11.2 Å². The van der Waals surface area contributed by atoms with E-state index in [1.807, 2.05) is 19.1 Å². The van der Waals surface area contributed by atoms with Gasteiger partial charge in [-0.3, -0.25) is 4.40 Å². The van der Waals surface area contributed by atoms with Crippen molar-refractivity contribution in [3.63, 3.8) is 0 Å². The number of imidazole rings is 1. The molecule has 4 saturated carbocycles. The summed E-state index contributed by atoms with van der Waals surface area (Å²) >= 11 is 0. The zero-order chi connectivity index (χ0) is 17.3. The smallest absolute Gasteiger partial charge is 0.141 e. The SMILES string of the molecule is Cc1cc(-c2nc3ccccn3c2NC23CC4CC(CC(C4)C2)C3)no1. The van der Waals surface area contributed by atoms with Crippen molar-refractivity contribution in [1.82, 2.24) is 14.5 Å². The predicted octanol–water partition coefficient (Wildman–Crippen LogP) is 4.68. The fourth-order valence-electron chi connectivity index (χ4n) is 6.29. The molecule has 1 N–H and O–H groups in total. The lowest BCUT2D eigenvalue weighted by Crippen LogP contribution is -2.55. The van der Waals surface area contributed by atoms with Crippen molar-refractivity contribution in [2.24, 2.45) is 17.8 Å². The molecule has 4 aliphatic rings. The van der Waals surface area contributed by atoms with Gasteiger partial charge in [0.05, 0.1) is 0 Å². The van der Waals surface area contributed by atoms with Gasteiger partial charge in [-0.2, -0.15) is 0 Å². The highest BCUT2D eigenvalue weighted by Gasteiger charge is 2.51. The van der Waals surface area contributed by atoms with E-state index in [1.54, 1.807) is 0 Å². The average Bonchev–Trinajstić information content (AvgIpc) is 3.17. The molecule has 4 aliphatic carbocycles. The van der Waals surface area contributed by atoms with Crippen LogP contribution < -0.4 is 5.32 Å². The largest absolute Gasteiger partial charge is 0.364 e. The van der Waals surface area contributed by atoms with Crippen molar-refractivity contribution in [2.45, 2.75) is 51.0 Å². The minimum Gasteiger partial charge on any atom is -0.364 e. The Morgan fingerprint density at radius 3 is 2.50 bits per heavy atom. The molecule has 0 aliphatic heterocycles. The summed E-state index contributed by atoms with van der Waals surface area (Å²) in [6.07, 6.45) is 10.3. The lowest BCUT2D eigenvalue weighted by molar-refractivity contribution is 0.0105. The fraction of sp³-hybridized carbons (Fsp3) is 0.524. The molecule has 0 unspecified atom stereocenters. The standard InChI is InChI=1S/C21H24N4O/c1-13-6-17(24-26-13)19-20(25-5-3-2-4-18(25)22-19)23-21-10-14-7-15(11-21)9-16(8-14)12-21/h2-6,14-16,23H,7-12H2,1H3. The number of fused-ring (bicyclic) bond motifs is 1. The molecule has 4 bridgehead atoms. The number of hydrogen-bond donors (Lipinski definition) is 1. The maximum Gasteiger partial charge on any atom is 0.141 e. The van der Waals surface area contributed by atoms with Crippen LogP contribution >= 0.6 is 0 Å². The van der Waals surface area contributed by atoms with Gasteiger partial charge in [0, 0.05) is 17.8 Å². The highest BCUT2D eigenvalue weighted by Crippen LogP contribution is 2.57. The molecule has 0 aromatic carbocycles. The van der Waals surface area contributed by atoms with Crippen LogP contribution in [0.4, 0.5) is 5.82 Å². The Hall–Kier alpha value is -2.30. The molecule has 0 radical (unpaired) electrons. The van der Waals surface area contributed by atoms with Crippen molar-refractivity contribution in [3.05, 3.63) is 36.2 Å². The first kappa shape index (κ1) is 14.8. The summed E-state index contributed by atoms with van der Waals surface area (Å²) in [5, 5.41) is 8.25. The average molecular weight is 348 g/mol. The number of rotatable bonds is 3. The molecule has 3 aromatic rings. The van der Waals surface area contributed by atoms with Crippen molar-refractivity contribution < 1.29 is 4.52 Å². The summed E-state index contributed by atoms with van der Waals surface area (Å²) in [6.45, 7) is 1.93. The highest BCUT2D eigenvalue weighted by molar-refractivity contribution is 5.75. The Morgan fingerprint density at radius 2 is 1.85 bits per heavy atom. The third-order valence-corrected chi connectivity index (χ3v) is 6.82. The number of nitrogens with one attached hydrogen (secondary N) is 1. The van der Waals surface area contributed by atoms with E-state index in [-0.39, 0.29) is 5.54 Å². The second-order valence-corrected chi connectivity index (χ2v) is 8.88. The Balaban J connectivity index is 1.47. The van der Waals surface area contributed by atoms with E-state index in [0.29, 0.717) is 0 Å². The first-order valence-electron chi connectivity index (χ1n) is 9.86. The van der Waals surface area contributed by atoms with Crippen LogP contribution in [0.1, 0.15) is 44.3 Å². The molecule has 0 saturated heterocycles. The van der Waals surface area contributed by atoms with Gasteiger partial charge in [0.1, 0.15) is 28.6 Å². The summed E-state index contributed by atoms with van der Waals surface area (Å²) in [7, 11) is 0. The van der Waals surface area contributed by atoms with Gasteiger partial charge in [-0.05, 0) is 75.3 Å². The number of anilines is 1. The zero-order valence-corrected chi connectivity index (χ0v) is 15.1. The Morgan fingerprint density at radius 1 is 1.12 bits per heavy atom. The van der Waals surface area contributed by atoms with Crippen LogP contribution in [0, 0.1) is 24.7 Å². The molecule has 0 amide bonds. The van der Waals surface area contributed by atoms with Gasteiger partial charge in [0.15, 0.2) is 0 Å². The number of aromatic nitrogens is 3. The van der Waals surface area contributed by atoms with Crippen LogP contribution in [0.25, 0.3) is 17.0 Å². The van der Waals surface area contributed by atoms with Crippen LogP contribution in [0.5, 0.6) is 0 Å². The van der Waals surface area contributed by atoms with Gasteiger partial charge in [-0.25, -0.2) is 4.98 Å². The normalized spacial score (nSPS) is 32.4. The van der Waals surface area contributed by atoms with E-state index in [0.717, 1.165) is 46.4 Å². The molecule has 4 fully saturated rings.